The molecule has 4 rings (SSSR count). The van der Waals surface area contributed by atoms with Gasteiger partial charge in [0.25, 0.3) is 5.91 Å². The number of methoxy groups -OCH3 is 1. The lowest BCUT2D eigenvalue weighted by molar-refractivity contribution is -0.137. The molecule has 2 amide bonds. The van der Waals surface area contributed by atoms with E-state index in [0.717, 1.165) is 22.5 Å². The molecule has 7 nitrogen and oxygen atoms in total. The fourth-order valence-corrected chi connectivity index (χ4v) is 5.13. The fraction of sp³-hybridized carbons (Fsp3) is 0.226. The third-order valence-electron chi connectivity index (χ3n) is 6.29. The van der Waals surface area contributed by atoms with E-state index in [1.807, 2.05) is 51.1 Å². The van der Waals surface area contributed by atoms with Crippen molar-refractivity contribution in [2.45, 2.75) is 38.5 Å². The molecule has 1 N–H and O–H groups in total. The number of aryl methyl sites for hydroxylation is 3. The Morgan fingerprint density at radius 3 is 2.30 bits per heavy atom. The Hall–Kier alpha value is -4.24. The number of nitrogens with zero attached hydrogens (tertiary/aromatic N) is 3. The molecule has 0 unspecified atom stereocenters. The molecule has 4 aromatic rings. The second-order valence-electron chi connectivity index (χ2n) is 9.35. The Balaban J connectivity index is 1.71. The molecule has 3 aromatic carbocycles. The highest BCUT2D eigenvalue weighted by Crippen LogP contribution is 2.29. The number of carbonyl (C=O) groups is 2. The van der Waals surface area contributed by atoms with Gasteiger partial charge in [-0.25, -0.2) is 14.4 Å². The first-order valence-electron chi connectivity index (χ1n) is 12.7. The van der Waals surface area contributed by atoms with Crippen molar-refractivity contribution in [2.75, 3.05) is 18.2 Å². The van der Waals surface area contributed by atoms with Crippen molar-refractivity contribution >= 4 is 29.3 Å². The zero-order valence-electron chi connectivity index (χ0n) is 22.8. The third-order valence-corrected chi connectivity index (χ3v) is 7.12. The van der Waals surface area contributed by atoms with Crippen LogP contribution in [0.1, 0.15) is 34.1 Å². The van der Waals surface area contributed by atoms with Crippen molar-refractivity contribution in [3.63, 3.8) is 0 Å². The van der Waals surface area contributed by atoms with Gasteiger partial charge in [-0.05, 0) is 79.9 Å². The summed E-state index contributed by atoms with van der Waals surface area (Å²) in [7, 11) is 1.56. The summed E-state index contributed by atoms with van der Waals surface area (Å²) < 4.78 is 19.6. The minimum Gasteiger partial charge on any atom is -0.497 e. The largest absolute Gasteiger partial charge is 0.497 e. The van der Waals surface area contributed by atoms with Crippen molar-refractivity contribution in [3.05, 3.63) is 113 Å². The molecule has 0 aliphatic carbocycles. The summed E-state index contributed by atoms with van der Waals surface area (Å²) in [5.41, 5.74) is 4.34. The average molecular weight is 559 g/mol. The van der Waals surface area contributed by atoms with Gasteiger partial charge in [-0.15, -0.1) is 0 Å². The van der Waals surface area contributed by atoms with Gasteiger partial charge < -0.3 is 15.0 Å². The normalized spacial score (nSPS) is 11.5. The molecule has 1 atom stereocenters. The van der Waals surface area contributed by atoms with Crippen molar-refractivity contribution in [1.29, 1.82) is 0 Å². The topological polar surface area (TPSA) is 84.4 Å². The van der Waals surface area contributed by atoms with Crippen LogP contribution in [-0.2, 0) is 16.1 Å². The first-order valence-corrected chi connectivity index (χ1v) is 13.7. The predicted molar refractivity (Wildman–Crippen MR) is 155 cm³/mol. The number of hydrogen-bond donors (Lipinski definition) is 1. The van der Waals surface area contributed by atoms with Gasteiger partial charge >= 0.3 is 0 Å². The number of rotatable bonds is 10. The van der Waals surface area contributed by atoms with Gasteiger partial charge in [-0.2, -0.15) is 0 Å². The second-order valence-corrected chi connectivity index (χ2v) is 10.3. The number of carbonyl (C=O) groups excluding carboxylic acids is 2. The maximum atomic E-state index is 14.4. The molecule has 0 bridgehead atoms. The number of ether oxygens (including phenoxy) is 1. The number of nitrogens with one attached hydrogen (secondary N) is 1. The lowest BCUT2D eigenvalue weighted by Crippen LogP contribution is -2.42. The van der Waals surface area contributed by atoms with Crippen LogP contribution in [0.4, 0.5) is 10.1 Å². The number of hydrogen-bond acceptors (Lipinski definition) is 6. The van der Waals surface area contributed by atoms with Crippen LogP contribution in [0.2, 0.25) is 0 Å². The summed E-state index contributed by atoms with van der Waals surface area (Å²) in [5.74, 6) is -0.639. The zero-order chi connectivity index (χ0) is 28.6. The van der Waals surface area contributed by atoms with Crippen LogP contribution in [0.5, 0.6) is 5.75 Å². The molecular weight excluding hydrogens is 527 g/mol. The minimum absolute atomic E-state index is 0.00357. The standard InChI is InChI=1S/C31H31FN4O3S/c1-20-8-5-6-9-24(20)18-36(28(37)19-40-31-33-21(2)16-22(3)34-31)29(23-10-7-11-25(32)17-23)30(38)35-26-12-14-27(39-4)15-13-26/h5-17,29H,18-19H2,1-4H3,(H,35,38)/t29-/m0/s1. The first-order chi connectivity index (χ1) is 19.2. The van der Waals surface area contributed by atoms with E-state index in [-0.39, 0.29) is 18.2 Å². The molecule has 0 fully saturated rings. The van der Waals surface area contributed by atoms with Crippen LogP contribution in [0.15, 0.2) is 84.0 Å². The highest BCUT2D eigenvalue weighted by atomic mass is 32.2. The molecular formula is C31H31FN4O3S. The molecule has 0 saturated heterocycles. The van der Waals surface area contributed by atoms with Crippen molar-refractivity contribution in [2.24, 2.45) is 0 Å². The van der Waals surface area contributed by atoms with Gasteiger partial charge in [0.05, 0.1) is 12.9 Å². The fourth-order valence-electron chi connectivity index (χ4n) is 4.30. The molecule has 1 heterocycles. The molecule has 0 radical (unpaired) electrons. The quantitative estimate of drug-likeness (QED) is 0.188. The average Bonchev–Trinajstić information content (AvgIpc) is 2.92. The predicted octanol–water partition coefficient (Wildman–Crippen LogP) is 6.05. The van der Waals surface area contributed by atoms with E-state index in [9.17, 15) is 14.0 Å². The summed E-state index contributed by atoms with van der Waals surface area (Å²) in [6.45, 7) is 5.84. The molecule has 0 aliphatic heterocycles. The van der Waals surface area contributed by atoms with Gasteiger partial charge in [0.1, 0.15) is 17.6 Å². The minimum atomic E-state index is -1.11. The Morgan fingerprint density at radius 1 is 0.950 bits per heavy atom. The smallest absolute Gasteiger partial charge is 0.251 e. The zero-order valence-corrected chi connectivity index (χ0v) is 23.7. The van der Waals surface area contributed by atoms with Crippen LogP contribution >= 0.6 is 11.8 Å². The Bertz CT molecular complexity index is 1480. The molecule has 0 saturated carbocycles. The van der Waals surface area contributed by atoms with Crippen LogP contribution < -0.4 is 10.1 Å². The lowest BCUT2D eigenvalue weighted by atomic mass is 10.0. The monoisotopic (exact) mass is 558 g/mol. The van der Waals surface area contributed by atoms with Gasteiger partial charge in [0, 0.05) is 23.6 Å². The molecule has 206 valence electrons. The van der Waals surface area contributed by atoms with Crippen molar-refractivity contribution in [3.8, 4) is 5.75 Å². The van der Waals surface area contributed by atoms with E-state index < -0.39 is 17.8 Å². The van der Waals surface area contributed by atoms with E-state index in [4.69, 9.17) is 4.74 Å². The molecule has 0 spiro atoms. The summed E-state index contributed by atoms with van der Waals surface area (Å²) in [4.78, 5) is 38.1. The number of amides is 2. The highest BCUT2D eigenvalue weighted by molar-refractivity contribution is 7.99. The van der Waals surface area contributed by atoms with E-state index in [1.54, 1.807) is 37.4 Å². The third kappa shape index (κ3) is 7.45. The van der Waals surface area contributed by atoms with Crippen LogP contribution in [0, 0.1) is 26.6 Å². The number of halogens is 1. The summed E-state index contributed by atoms with van der Waals surface area (Å²) >= 11 is 1.20. The van der Waals surface area contributed by atoms with E-state index in [0.29, 0.717) is 22.2 Å². The maximum absolute atomic E-state index is 14.4. The van der Waals surface area contributed by atoms with Gasteiger partial charge in [0.15, 0.2) is 5.16 Å². The Morgan fingerprint density at radius 2 is 1.65 bits per heavy atom. The number of benzene rings is 3. The van der Waals surface area contributed by atoms with Gasteiger partial charge in [-0.3, -0.25) is 9.59 Å². The molecule has 9 heteroatoms. The highest BCUT2D eigenvalue weighted by Gasteiger charge is 2.32. The van der Waals surface area contributed by atoms with Gasteiger partial charge in [0.2, 0.25) is 5.91 Å². The lowest BCUT2D eigenvalue weighted by Gasteiger charge is -2.32. The summed E-state index contributed by atoms with van der Waals surface area (Å²) in [5, 5.41) is 3.37. The van der Waals surface area contributed by atoms with Crippen molar-refractivity contribution < 1.29 is 18.7 Å². The molecule has 1 aromatic heterocycles. The summed E-state index contributed by atoms with van der Waals surface area (Å²) in [6.07, 6.45) is 0. The second kappa shape index (κ2) is 13.2. The Kier molecular flexibility index (Phi) is 9.50. The Labute approximate surface area is 237 Å². The van der Waals surface area contributed by atoms with E-state index in [1.165, 1.54) is 34.9 Å². The molecule has 0 aliphatic rings. The van der Waals surface area contributed by atoms with Crippen molar-refractivity contribution in [1.82, 2.24) is 14.9 Å². The van der Waals surface area contributed by atoms with Crippen LogP contribution in [0.25, 0.3) is 0 Å². The van der Waals surface area contributed by atoms with E-state index in [2.05, 4.69) is 15.3 Å². The SMILES string of the molecule is COc1ccc(NC(=O)[C@H](c2cccc(F)c2)N(Cc2ccccc2C)C(=O)CSc2nc(C)cc(C)n2)cc1. The van der Waals surface area contributed by atoms with Crippen LogP contribution in [-0.4, -0.2) is 39.5 Å². The van der Waals surface area contributed by atoms with Crippen LogP contribution in [0.3, 0.4) is 0 Å². The number of thioether (sulfide) groups is 1. The number of anilines is 1. The van der Waals surface area contributed by atoms with Gasteiger partial charge in [-0.1, -0.05) is 48.2 Å². The molecule has 40 heavy (non-hydrogen) atoms. The number of aromatic nitrogens is 2. The maximum Gasteiger partial charge on any atom is 0.251 e. The first kappa shape index (κ1) is 28.8. The van der Waals surface area contributed by atoms with E-state index >= 15 is 0 Å². The summed E-state index contributed by atoms with van der Waals surface area (Å²) in [6, 6.07) is 21.1.